The van der Waals surface area contributed by atoms with E-state index in [1.807, 2.05) is 30.3 Å². The Labute approximate surface area is 294 Å². The molecule has 0 N–H and O–H groups in total. The van der Waals surface area contributed by atoms with E-state index < -0.39 is 0 Å². The molecule has 0 spiro atoms. The highest BCUT2D eigenvalue weighted by Gasteiger charge is 2.19. The molecular formula is C47H29N3O. The standard InChI is InChI=1S/C47H29N3O/c1-2-12-34-28-36(27-26-30(34)10-1)32-24-22-31(23-25-32)35-14-7-15-37(29-35)45-48-46(39-18-8-13-33-11-3-4-16-38(33)39)50-47(49-45)41-19-9-21-43-44(41)40-17-5-6-20-42(40)51-43/h1-29H. The van der Waals surface area contributed by atoms with Crippen LogP contribution in [0.15, 0.2) is 180 Å². The van der Waals surface area contributed by atoms with E-state index in [1.54, 1.807) is 0 Å². The van der Waals surface area contributed by atoms with Crippen LogP contribution in [0.3, 0.4) is 0 Å². The van der Waals surface area contributed by atoms with Crippen molar-refractivity contribution in [3.8, 4) is 56.4 Å². The number of para-hydroxylation sites is 1. The highest BCUT2D eigenvalue weighted by Crippen LogP contribution is 2.37. The lowest BCUT2D eigenvalue weighted by Gasteiger charge is -2.12. The van der Waals surface area contributed by atoms with E-state index in [0.29, 0.717) is 17.5 Å². The molecule has 8 aromatic carbocycles. The van der Waals surface area contributed by atoms with Crippen molar-refractivity contribution in [2.75, 3.05) is 0 Å². The van der Waals surface area contributed by atoms with Gasteiger partial charge in [-0.1, -0.05) is 152 Å². The average molecular weight is 652 g/mol. The van der Waals surface area contributed by atoms with Crippen molar-refractivity contribution in [2.45, 2.75) is 0 Å². The van der Waals surface area contributed by atoms with Crippen LogP contribution in [0.4, 0.5) is 0 Å². The summed E-state index contributed by atoms with van der Waals surface area (Å²) in [6, 6.07) is 61.2. The van der Waals surface area contributed by atoms with Crippen LogP contribution in [0.25, 0.3) is 99.9 Å². The smallest absolute Gasteiger partial charge is 0.164 e. The third-order valence-corrected chi connectivity index (χ3v) is 9.73. The quantitative estimate of drug-likeness (QED) is 0.186. The summed E-state index contributed by atoms with van der Waals surface area (Å²) in [6.07, 6.45) is 0. The summed E-state index contributed by atoms with van der Waals surface area (Å²) in [5.41, 5.74) is 9.02. The van der Waals surface area contributed by atoms with Crippen molar-refractivity contribution < 1.29 is 4.42 Å². The largest absolute Gasteiger partial charge is 0.456 e. The number of hydrogen-bond acceptors (Lipinski definition) is 4. The van der Waals surface area contributed by atoms with Crippen LogP contribution in [-0.2, 0) is 0 Å². The third kappa shape index (κ3) is 5.13. The van der Waals surface area contributed by atoms with E-state index in [2.05, 4.69) is 146 Å². The van der Waals surface area contributed by atoms with E-state index in [0.717, 1.165) is 60.5 Å². The van der Waals surface area contributed by atoms with Crippen molar-refractivity contribution in [2.24, 2.45) is 0 Å². The highest BCUT2D eigenvalue weighted by molar-refractivity contribution is 6.11. The van der Waals surface area contributed by atoms with Gasteiger partial charge in [-0.15, -0.1) is 0 Å². The van der Waals surface area contributed by atoms with Crippen LogP contribution in [0.1, 0.15) is 0 Å². The Hall–Kier alpha value is -6.91. The molecule has 4 nitrogen and oxygen atoms in total. The fourth-order valence-electron chi connectivity index (χ4n) is 7.19. The van der Waals surface area contributed by atoms with Gasteiger partial charge in [0.15, 0.2) is 17.5 Å². The van der Waals surface area contributed by atoms with E-state index in [4.69, 9.17) is 19.4 Å². The van der Waals surface area contributed by atoms with Crippen LogP contribution in [0.5, 0.6) is 0 Å². The molecule has 0 aliphatic carbocycles. The van der Waals surface area contributed by atoms with Gasteiger partial charge >= 0.3 is 0 Å². The summed E-state index contributed by atoms with van der Waals surface area (Å²) in [7, 11) is 0. The Bertz CT molecular complexity index is 2920. The zero-order valence-electron chi connectivity index (χ0n) is 27.5. The minimum atomic E-state index is 0.602. The molecule has 10 rings (SSSR count). The Morgan fingerprint density at radius 1 is 0.314 bits per heavy atom. The average Bonchev–Trinajstić information content (AvgIpc) is 3.59. The lowest BCUT2D eigenvalue weighted by atomic mass is 9.97. The molecule has 0 unspecified atom stereocenters. The molecule has 2 heterocycles. The third-order valence-electron chi connectivity index (χ3n) is 9.73. The lowest BCUT2D eigenvalue weighted by molar-refractivity contribution is 0.669. The molecule has 0 aliphatic heterocycles. The van der Waals surface area contributed by atoms with Gasteiger partial charge in [-0.2, -0.15) is 0 Å². The Morgan fingerprint density at radius 3 is 1.71 bits per heavy atom. The Kier molecular flexibility index (Phi) is 6.78. The SMILES string of the molecule is c1cc(-c2ccc(-c3ccc4ccccc4c3)cc2)cc(-c2nc(-c3cccc4ccccc34)nc(-c3cccc4oc5ccccc5c34)n2)c1. The number of hydrogen-bond donors (Lipinski definition) is 0. The summed E-state index contributed by atoms with van der Waals surface area (Å²) < 4.78 is 6.25. The minimum Gasteiger partial charge on any atom is -0.456 e. The maximum Gasteiger partial charge on any atom is 0.164 e. The molecule has 0 aliphatic rings. The number of benzene rings is 8. The second kappa shape index (κ2) is 11.9. The number of furan rings is 1. The van der Waals surface area contributed by atoms with E-state index in [-0.39, 0.29) is 0 Å². The predicted octanol–water partition coefficient (Wildman–Crippen LogP) is 12.4. The molecule has 0 saturated heterocycles. The summed E-state index contributed by atoms with van der Waals surface area (Å²) in [6.45, 7) is 0. The molecular weight excluding hydrogens is 623 g/mol. The van der Waals surface area contributed by atoms with Gasteiger partial charge in [0.1, 0.15) is 11.2 Å². The molecule has 10 aromatic rings. The monoisotopic (exact) mass is 651 g/mol. The van der Waals surface area contributed by atoms with E-state index >= 15 is 0 Å². The number of rotatable bonds is 5. The van der Waals surface area contributed by atoms with E-state index in [9.17, 15) is 0 Å². The first-order valence-electron chi connectivity index (χ1n) is 17.1. The van der Waals surface area contributed by atoms with Crippen LogP contribution in [0.2, 0.25) is 0 Å². The molecule has 0 atom stereocenters. The van der Waals surface area contributed by atoms with Gasteiger partial charge in [0.25, 0.3) is 0 Å². The molecule has 0 fully saturated rings. The normalized spacial score (nSPS) is 11.5. The second-order valence-electron chi connectivity index (χ2n) is 12.8. The van der Waals surface area contributed by atoms with Crippen molar-refractivity contribution >= 4 is 43.5 Å². The molecule has 0 radical (unpaired) electrons. The molecule has 0 saturated carbocycles. The van der Waals surface area contributed by atoms with Crippen molar-refractivity contribution in [1.29, 1.82) is 0 Å². The van der Waals surface area contributed by atoms with Gasteiger partial charge < -0.3 is 4.42 Å². The number of fused-ring (bicyclic) bond motifs is 5. The highest BCUT2D eigenvalue weighted by atomic mass is 16.3. The van der Waals surface area contributed by atoms with Gasteiger partial charge in [0, 0.05) is 27.5 Å². The second-order valence-corrected chi connectivity index (χ2v) is 12.8. The van der Waals surface area contributed by atoms with Crippen molar-refractivity contribution in [1.82, 2.24) is 15.0 Å². The zero-order chi connectivity index (χ0) is 33.7. The fourth-order valence-corrected chi connectivity index (χ4v) is 7.19. The number of nitrogens with zero attached hydrogens (tertiary/aromatic N) is 3. The van der Waals surface area contributed by atoms with Crippen molar-refractivity contribution in [3.05, 3.63) is 176 Å². The van der Waals surface area contributed by atoms with Crippen LogP contribution in [-0.4, -0.2) is 15.0 Å². The summed E-state index contributed by atoms with van der Waals surface area (Å²) in [5, 5.41) is 6.74. The summed E-state index contributed by atoms with van der Waals surface area (Å²) in [4.78, 5) is 15.5. The van der Waals surface area contributed by atoms with Gasteiger partial charge in [0.2, 0.25) is 0 Å². The predicted molar refractivity (Wildman–Crippen MR) is 209 cm³/mol. The van der Waals surface area contributed by atoms with E-state index in [1.165, 1.54) is 21.9 Å². The van der Waals surface area contributed by atoms with Crippen LogP contribution < -0.4 is 0 Å². The van der Waals surface area contributed by atoms with Crippen LogP contribution >= 0.6 is 0 Å². The summed E-state index contributed by atoms with van der Waals surface area (Å²) in [5.74, 6) is 1.84. The Balaban J connectivity index is 1.11. The molecule has 51 heavy (non-hydrogen) atoms. The first kappa shape index (κ1) is 29.0. The molecule has 238 valence electrons. The molecule has 2 aromatic heterocycles. The Morgan fingerprint density at radius 2 is 0.863 bits per heavy atom. The maximum atomic E-state index is 6.25. The fraction of sp³-hybridized carbons (Fsp3) is 0. The van der Waals surface area contributed by atoms with Gasteiger partial charge in [-0.05, 0) is 68.1 Å². The van der Waals surface area contributed by atoms with Gasteiger partial charge in [0.05, 0.1) is 0 Å². The van der Waals surface area contributed by atoms with Crippen molar-refractivity contribution in [3.63, 3.8) is 0 Å². The molecule has 0 bridgehead atoms. The zero-order valence-corrected chi connectivity index (χ0v) is 27.5. The van der Waals surface area contributed by atoms with Crippen LogP contribution in [0, 0.1) is 0 Å². The lowest BCUT2D eigenvalue weighted by Crippen LogP contribution is -2.01. The molecule has 0 amide bonds. The summed E-state index contributed by atoms with van der Waals surface area (Å²) >= 11 is 0. The van der Waals surface area contributed by atoms with Gasteiger partial charge in [-0.25, -0.2) is 15.0 Å². The van der Waals surface area contributed by atoms with Gasteiger partial charge in [-0.3, -0.25) is 0 Å². The maximum absolute atomic E-state index is 6.25. The topological polar surface area (TPSA) is 51.8 Å². The minimum absolute atomic E-state index is 0.602. The first-order chi connectivity index (χ1) is 25.2. The first-order valence-corrected chi connectivity index (χ1v) is 17.1. The number of aromatic nitrogens is 3. The molecule has 4 heteroatoms.